The second kappa shape index (κ2) is 5.76. The molecule has 3 nitrogen and oxygen atoms in total. The van der Waals surface area contributed by atoms with Crippen LogP contribution in [-0.4, -0.2) is 21.9 Å². The molecule has 0 aliphatic heterocycles. The Bertz CT molecular complexity index is 107. The molecule has 0 saturated carbocycles. The first kappa shape index (κ1) is 12.2. The summed E-state index contributed by atoms with van der Waals surface area (Å²) in [6.07, 6.45) is 0. The van der Waals surface area contributed by atoms with Crippen molar-refractivity contribution in [3.8, 4) is 0 Å². The molecule has 0 aliphatic carbocycles. The zero-order chi connectivity index (χ0) is 8.91. The maximum atomic E-state index is 8.86. The highest BCUT2D eigenvalue weighted by molar-refractivity contribution is 7.40. The summed E-state index contributed by atoms with van der Waals surface area (Å²) in [5.74, 6) is 0. The van der Waals surface area contributed by atoms with Gasteiger partial charge >= 0.3 is 8.60 Å². The van der Waals surface area contributed by atoms with Crippen LogP contribution in [0.25, 0.3) is 0 Å². The van der Waals surface area contributed by atoms with Crippen molar-refractivity contribution in [2.24, 2.45) is 0 Å². The van der Waals surface area contributed by atoms with Crippen molar-refractivity contribution in [3.05, 3.63) is 0 Å². The van der Waals surface area contributed by atoms with Gasteiger partial charge in [0, 0.05) is 0 Å². The van der Waals surface area contributed by atoms with Crippen molar-refractivity contribution in [1.82, 2.24) is 0 Å². The van der Waals surface area contributed by atoms with Gasteiger partial charge < -0.3 is 13.9 Å². The SMILES string of the molecule is CCOP(O)OCC(Cl)(Cl)Cl. The van der Waals surface area contributed by atoms with E-state index in [1.165, 1.54) is 0 Å². The van der Waals surface area contributed by atoms with E-state index >= 15 is 0 Å². The van der Waals surface area contributed by atoms with E-state index in [-0.39, 0.29) is 6.61 Å². The average Bonchev–Trinajstić information content (AvgIpc) is 1.83. The molecule has 1 atom stereocenters. The fourth-order valence-corrected chi connectivity index (χ4v) is 1.27. The van der Waals surface area contributed by atoms with Crippen molar-refractivity contribution in [2.75, 3.05) is 13.2 Å². The summed E-state index contributed by atoms with van der Waals surface area (Å²) in [7, 11) is -1.90. The monoisotopic (exact) mass is 240 g/mol. The van der Waals surface area contributed by atoms with Gasteiger partial charge in [-0.3, -0.25) is 0 Å². The third-order valence-corrected chi connectivity index (χ3v) is 1.73. The van der Waals surface area contributed by atoms with Gasteiger partial charge in [0.15, 0.2) is 0 Å². The molecule has 0 fully saturated rings. The molecule has 0 radical (unpaired) electrons. The molecule has 0 aromatic rings. The highest BCUT2D eigenvalue weighted by Gasteiger charge is 2.22. The minimum absolute atomic E-state index is 0.181. The van der Waals surface area contributed by atoms with Gasteiger partial charge in [0.1, 0.15) is 6.61 Å². The Balaban J connectivity index is 3.38. The highest BCUT2D eigenvalue weighted by atomic mass is 35.6. The van der Waals surface area contributed by atoms with Gasteiger partial charge in [0.05, 0.1) is 6.61 Å². The van der Waals surface area contributed by atoms with Crippen LogP contribution in [0, 0.1) is 0 Å². The summed E-state index contributed by atoms with van der Waals surface area (Å²) in [5.41, 5.74) is 0. The summed E-state index contributed by atoms with van der Waals surface area (Å²) >= 11 is 16.0. The molecule has 7 heteroatoms. The van der Waals surface area contributed by atoms with Crippen molar-refractivity contribution >= 4 is 43.4 Å². The van der Waals surface area contributed by atoms with Crippen LogP contribution in [0.2, 0.25) is 0 Å². The summed E-state index contributed by atoms with van der Waals surface area (Å²) in [6.45, 7) is 1.91. The Morgan fingerprint density at radius 2 is 1.91 bits per heavy atom. The van der Waals surface area contributed by atoms with Gasteiger partial charge in [0.2, 0.25) is 3.79 Å². The van der Waals surface area contributed by atoms with E-state index in [2.05, 4.69) is 9.05 Å². The van der Waals surface area contributed by atoms with Crippen LogP contribution in [0.3, 0.4) is 0 Å². The molecule has 1 N–H and O–H groups in total. The maximum absolute atomic E-state index is 8.86. The Morgan fingerprint density at radius 1 is 1.36 bits per heavy atom. The van der Waals surface area contributed by atoms with E-state index in [0.717, 1.165) is 0 Å². The Labute approximate surface area is 81.5 Å². The molecular formula is C4H8Cl3O3P. The molecule has 0 bridgehead atoms. The Morgan fingerprint density at radius 3 is 2.27 bits per heavy atom. The van der Waals surface area contributed by atoms with E-state index in [9.17, 15) is 0 Å². The predicted molar refractivity (Wildman–Crippen MR) is 47.0 cm³/mol. The lowest BCUT2D eigenvalue weighted by atomic mass is 10.9. The first-order chi connectivity index (χ1) is 4.95. The second-order valence-electron chi connectivity index (χ2n) is 1.54. The highest BCUT2D eigenvalue weighted by Crippen LogP contribution is 2.37. The van der Waals surface area contributed by atoms with Crippen LogP contribution < -0.4 is 0 Å². The lowest BCUT2D eigenvalue weighted by molar-refractivity contribution is 0.211. The zero-order valence-corrected chi connectivity index (χ0v) is 8.92. The van der Waals surface area contributed by atoms with E-state index in [1.807, 2.05) is 0 Å². The van der Waals surface area contributed by atoms with Gasteiger partial charge in [-0.2, -0.15) is 0 Å². The Kier molecular flexibility index (Phi) is 6.38. The van der Waals surface area contributed by atoms with E-state index in [0.29, 0.717) is 6.61 Å². The summed E-state index contributed by atoms with van der Waals surface area (Å²) in [4.78, 5) is 8.86. The van der Waals surface area contributed by atoms with Gasteiger partial charge in [-0.25, -0.2) is 0 Å². The Hall–Kier alpha value is 1.18. The van der Waals surface area contributed by atoms with Crippen LogP contribution in [-0.2, 0) is 9.05 Å². The maximum Gasteiger partial charge on any atom is 0.329 e. The van der Waals surface area contributed by atoms with Crippen molar-refractivity contribution in [1.29, 1.82) is 0 Å². The first-order valence-corrected chi connectivity index (χ1v) is 5.03. The molecular weight excluding hydrogens is 233 g/mol. The molecule has 0 spiro atoms. The van der Waals surface area contributed by atoms with Crippen molar-refractivity contribution in [3.63, 3.8) is 0 Å². The minimum Gasteiger partial charge on any atom is -0.328 e. The lowest BCUT2D eigenvalue weighted by Crippen LogP contribution is -2.10. The quantitative estimate of drug-likeness (QED) is 0.607. The molecule has 68 valence electrons. The number of hydrogen-bond acceptors (Lipinski definition) is 3. The normalized spacial score (nSPS) is 15.0. The molecule has 0 saturated heterocycles. The summed E-state index contributed by atoms with van der Waals surface area (Å²) < 4.78 is 7.81. The molecule has 0 aliphatic rings. The van der Waals surface area contributed by atoms with Gasteiger partial charge in [-0.1, -0.05) is 34.8 Å². The molecule has 0 amide bonds. The number of rotatable bonds is 4. The number of hydrogen-bond donors (Lipinski definition) is 1. The standard InChI is InChI=1S/C4H8Cl3O3P/c1-2-9-11(8)10-3-4(5,6)7/h8H,2-3H2,1H3. The van der Waals surface area contributed by atoms with Gasteiger partial charge in [-0.15, -0.1) is 0 Å². The zero-order valence-electron chi connectivity index (χ0n) is 5.76. The molecule has 11 heavy (non-hydrogen) atoms. The minimum atomic E-state index is -1.90. The topological polar surface area (TPSA) is 38.7 Å². The van der Waals surface area contributed by atoms with Crippen molar-refractivity contribution < 1.29 is 13.9 Å². The molecule has 0 rings (SSSR count). The predicted octanol–water partition coefficient (Wildman–Crippen LogP) is 2.63. The van der Waals surface area contributed by atoms with Crippen LogP contribution in [0.4, 0.5) is 0 Å². The molecule has 0 aromatic carbocycles. The fraction of sp³-hybridized carbons (Fsp3) is 1.00. The lowest BCUT2D eigenvalue weighted by Gasteiger charge is -2.13. The second-order valence-corrected chi connectivity index (χ2v) is 5.05. The third kappa shape index (κ3) is 9.09. The average molecular weight is 241 g/mol. The largest absolute Gasteiger partial charge is 0.329 e. The van der Waals surface area contributed by atoms with Crippen molar-refractivity contribution in [2.45, 2.75) is 10.7 Å². The van der Waals surface area contributed by atoms with E-state index < -0.39 is 12.4 Å². The fourth-order valence-electron chi connectivity index (χ4n) is 0.276. The third-order valence-electron chi connectivity index (χ3n) is 0.578. The van der Waals surface area contributed by atoms with Gasteiger partial charge in [0.25, 0.3) is 0 Å². The first-order valence-electron chi connectivity index (χ1n) is 2.77. The smallest absolute Gasteiger partial charge is 0.328 e. The van der Waals surface area contributed by atoms with E-state index in [1.54, 1.807) is 6.92 Å². The van der Waals surface area contributed by atoms with E-state index in [4.69, 9.17) is 39.7 Å². The number of halogens is 3. The van der Waals surface area contributed by atoms with Gasteiger partial charge in [-0.05, 0) is 6.92 Å². The summed E-state index contributed by atoms with van der Waals surface area (Å²) in [6, 6.07) is 0. The van der Waals surface area contributed by atoms with Crippen LogP contribution in [0.5, 0.6) is 0 Å². The molecule has 0 aromatic heterocycles. The summed E-state index contributed by atoms with van der Waals surface area (Å²) in [5, 5.41) is 0. The molecule has 1 unspecified atom stereocenters. The molecule has 0 heterocycles. The van der Waals surface area contributed by atoms with Crippen LogP contribution >= 0.6 is 43.4 Å². The number of alkyl halides is 3. The van der Waals surface area contributed by atoms with Crippen LogP contribution in [0.1, 0.15) is 6.92 Å². The van der Waals surface area contributed by atoms with Crippen LogP contribution in [0.15, 0.2) is 0 Å².